The van der Waals surface area contributed by atoms with Crippen LogP contribution in [-0.4, -0.2) is 21.6 Å². The lowest BCUT2D eigenvalue weighted by Gasteiger charge is -2.00. The third kappa shape index (κ3) is 3.40. The zero-order valence-electron chi connectivity index (χ0n) is 13.5. The number of nitro groups is 1. The van der Waals surface area contributed by atoms with Crippen LogP contribution in [0.15, 0.2) is 53.7 Å². The van der Waals surface area contributed by atoms with Crippen molar-refractivity contribution in [2.24, 2.45) is 10.7 Å². The number of nitro benzene ring substituents is 1. The number of hydrogen-bond acceptors (Lipinski definition) is 4. The maximum Gasteiger partial charge on any atom is 0.269 e. The smallest absolute Gasteiger partial charge is 0.269 e. The number of rotatable bonds is 5. The van der Waals surface area contributed by atoms with Crippen molar-refractivity contribution in [3.05, 3.63) is 69.9 Å². The molecule has 0 aliphatic rings. The van der Waals surface area contributed by atoms with Gasteiger partial charge in [0.1, 0.15) is 6.54 Å². The summed E-state index contributed by atoms with van der Waals surface area (Å²) in [6.45, 7) is 1.86. The van der Waals surface area contributed by atoms with Crippen molar-refractivity contribution < 1.29 is 9.72 Å². The second-order valence-electron chi connectivity index (χ2n) is 5.68. The molecule has 0 radical (unpaired) electrons. The van der Waals surface area contributed by atoms with Gasteiger partial charge in [-0.25, -0.2) is 0 Å². The van der Waals surface area contributed by atoms with Gasteiger partial charge in [-0.05, 0) is 24.6 Å². The first-order chi connectivity index (χ1) is 12.0. The lowest BCUT2D eigenvalue weighted by atomic mass is 10.1. The normalized spacial score (nSPS) is 11.2. The Hall–Kier alpha value is -3.48. The standard InChI is InChI=1S/C18H16N4O3/c1-12-8-14(22(24)25)6-7-16(12)20-9-13-10-21(11-18(19)23)17-5-3-2-4-15(13)17/h2-10H,11H2,1H3,(H2,19,23). The van der Waals surface area contributed by atoms with Crippen molar-refractivity contribution in [1.82, 2.24) is 4.57 Å². The van der Waals surface area contributed by atoms with Crippen molar-refractivity contribution in [3.8, 4) is 0 Å². The fourth-order valence-electron chi connectivity index (χ4n) is 2.71. The Balaban J connectivity index is 1.99. The summed E-state index contributed by atoms with van der Waals surface area (Å²) in [5.41, 5.74) is 8.43. The molecule has 1 amide bonds. The molecule has 3 aromatic rings. The van der Waals surface area contributed by atoms with Crippen LogP contribution in [0.2, 0.25) is 0 Å². The Kier molecular flexibility index (Phi) is 4.30. The SMILES string of the molecule is Cc1cc([N+](=O)[O-])ccc1N=Cc1cn(CC(N)=O)c2ccccc12. The van der Waals surface area contributed by atoms with Crippen molar-refractivity contribution >= 4 is 34.4 Å². The quantitative estimate of drug-likeness (QED) is 0.440. The molecule has 0 unspecified atom stereocenters. The second-order valence-corrected chi connectivity index (χ2v) is 5.68. The highest BCUT2D eigenvalue weighted by Crippen LogP contribution is 2.25. The monoisotopic (exact) mass is 336 g/mol. The maximum atomic E-state index is 11.2. The first kappa shape index (κ1) is 16.4. The van der Waals surface area contributed by atoms with E-state index in [0.717, 1.165) is 16.5 Å². The van der Waals surface area contributed by atoms with E-state index >= 15 is 0 Å². The number of para-hydroxylation sites is 1. The van der Waals surface area contributed by atoms with Gasteiger partial charge in [0.2, 0.25) is 5.91 Å². The highest BCUT2D eigenvalue weighted by Gasteiger charge is 2.09. The number of nitrogens with two attached hydrogens (primary N) is 1. The number of carbonyl (C=O) groups excluding carboxylic acids is 1. The molecule has 7 nitrogen and oxygen atoms in total. The zero-order valence-corrected chi connectivity index (χ0v) is 13.5. The van der Waals surface area contributed by atoms with Crippen LogP contribution in [0.5, 0.6) is 0 Å². The molecule has 2 aromatic carbocycles. The number of hydrogen-bond donors (Lipinski definition) is 1. The number of aryl methyl sites for hydroxylation is 1. The fourth-order valence-corrected chi connectivity index (χ4v) is 2.71. The van der Waals surface area contributed by atoms with Crippen LogP contribution in [0.25, 0.3) is 10.9 Å². The van der Waals surface area contributed by atoms with Crippen LogP contribution in [0.1, 0.15) is 11.1 Å². The predicted molar refractivity (Wildman–Crippen MR) is 96.2 cm³/mol. The highest BCUT2D eigenvalue weighted by molar-refractivity contribution is 6.00. The number of primary amides is 1. The first-order valence-electron chi connectivity index (χ1n) is 7.61. The Morgan fingerprint density at radius 2 is 2.08 bits per heavy atom. The highest BCUT2D eigenvalue weighted by atomic mass is 16.6. The molecule has 0 aliphatic carbocycles. The van der Waals surface area contributed by atoms with E-state index < -0.39 is 10.8 Å². The summed E-state index contributed by atoms with van der Waals surface area (Å²) in [6, 6.07) is 12.2. The minimum atomic E-state index is -0.433. The number of nitrogens with zero attached hydrogens (tertiary/aromatic N) is 3. The molecule has 0 atom stereocenters. The van der Waals surface area contributed by atoms with Crippen molar-refractivity contribution in [1.29, 1.82) is 0 Å². The number of benzene rings is 2. The lowest BCUT2D eigenvalue weighted by molar-refractivity contribution is -0.384. The number of amides is 1. The molecule has 25 heavy (non-hydrogen) atoms. The molecule has 0 spiro atoms. The molecule has 1 aromatic heterocycles. The number of carbonyl (C=O) groups is 1. The van der Waals surface area contributed by atoms with E-state index in [2.05, 4.69) is 4.99 Å². The number of fused-ring (bicyclic) bond motifs is 1. The van der Waals surface area contributed by atoms with E-state index in [4.69, 9.17) is 5.73 Å². The van der Waals surface area contributed by atoms with Gasteiger partial charge in [0.25, 0.3) is 5.69 Å². The third-order valence-corrected chi connectivity index (χ3v) is 3.88. The van der Waals surface area contributed by atoms with Crippen LogP contribution in [0.3, 0.4) is 0 Å². The van der Waals surface area contributed by atoms with Crippen molar-refractivity contribution in [2.45, 2.75) is 13.5 Å². The molecule has 7 heteroatoms. The van der Waals surface area contributed by atoms with Gasteiger partial charge < -0.3 is 10.3 Å². The predicted octanol–water partition coefficient (Wildman–Crippen LogP) is 3.09. The third-order valence-electron chi connectivity index (χ3n) is 3.88. The Morgan fingerprint density at radius 1 is 1.32 bits per heavy atom. The molecule has 1 heterocycles. The molecule has 0 saturated carbocycles. The Labute approximate surface area is 143 Å². The average Bonchev–Trinajstić information content (AvgIpc) is 2.91. The zero-order chi connectivity index (χ0) is 18.0. The summed E-state index contributed by atoms with van der Waals surface area (Å²) in [4.78, 5) is 26.1. The van der Waals surface area contributed by atoms with E-state index in [0.29, 0.717) is 11.3 Å². The summed E-state index contributed by atoms with van der Waals surface area (Å²) < 4.78 is 1.78. The van der Waals surface area contributed by atoms with Crippen LogP contribution < -0.4 is 5.73 Å². The molecule has 3 rings (SSSR count). The molecule has 126 valence electrons. The van der Waals surface area contributed by atoms with Crippen LogP contribution in [-0.2, 0) is 11.3 Å². The Morgan fingerprint density at radius 3 is 2.76 bits per heavy atom. The largest absolute Gasteiger partial charge is 0.368 e. The molecular formula is C18H16N4O3. The van der Waals surface area contributed by atoms with Gasteiger partial charge in [0.05, 0.1) is 10.6 Å². The average molecular weight is 336 g/mol. The van der Waals surface area contributed by atoms with Gasteiger partial charge in [0, 0.05) is 41.0 Å². The second kappa shape index (κ2) is 6.56. The van der Waals surface area contributed by atoms with Crippen molar-refractivity contribution in [2.75, 3.05) is 0 Å². The number of aromatic nitrogens is 1. The summed E-state index contributed by atoms with van der Waals surface area (Å²) in [7, 11) is 0. The van der Waals surface area contributed by atoms with Gasteiger partial charge in [-0.15, -0.1) is 0 Å². The van der Waals surface area contributed by atoms with Crippen molar-refractivity contribution in [3.63, 3.8) is 0 Å². The van der Waals surface area contributed by atoms with Crippen LogP contribution in [0, 0.1) is 17.0 Å². The molecule has 0 bridgehead atoms. The summed E-state index contributed by atoms with van der Waals surface area (Å²) in [5, 5.41) is 11.8. The minimum Gasteiger partial charge on any atom is -0.368 e. The summed E-state index contributed by atoms with van der Waals surface area (Å²) in [5.74, 6) is -0.421. The summed E-state index contributed by atoms with van der Waals surface area (Å²) >= 11 is 0. The molecule has 2 N–H and O–H groups in total. The lowest BCUT2D eigenvalue weighted by Crippen LogP contribution is -2.17. The number of non-ortho nitro benzene ring substituents is 1. The van der Waals surface area contributed by atoms with Gasteiger partial charge in [-0.1, -0.05) is 18.2 Å². The molecular weight excluding hydrogens is 320 g/mol. The fraction of sp³-hybridized carbons (Fsp3) is 0.111. The van der Waals surface area contributed by atoms with Crippen LogP contribution in [0.4, 0.5) is 11.4 Å². The molecule has 0 aliphatic heterocycles. The van der Waals surface area contributed by atoms with Gasteiger partial charge in [-0.3, -0.25) is 19.9 Å². The molecule has 0 fully saturated rings. The van der Waals surface area contributed by atoms with E-state index in [9.17, 15) is 14.9 Å². The maximum absolute atomic E-state index is 11.2. The van der Waals surface area contributed by atoms with Gasteiger partial charge in [0.15, 0.2) is 0 Å². The van der Waals surface area contributed by atoms with Crippen LogP contribution >= 0.6 is 0 Å². The number of aliphatic imine (C=N–C) groups is 1. The topological polar surface area (TPSA) is 104 Å². The van der Waals surface area contributed by atoms with E-state index in [1.54, 1.807) is 23.8 Å². The summed E-state index contributed by atoms with van der Waals surface area (Å²) in [6.07, 6.45) is 3.51. The minimum absolute atomic E-state index is 0.0366. The van der Waals surface area contributed by atoms with Gasteiger partial charge >= 0.3 is 0 Å². The van der Waals surface area contributed by atoms with E-state index in [-0.39, 0.29) is 12.2 Å². The van der Waals surface area contributed by atoms with Gasteiger partial charge in [-0.2, -0.15) is 0 Å². The Bertz CT molecular complexity index is 1000. The van der Waals surface area contributed by atoms with E-state index in [1.807, 2.05) is 30.5 Å². The van der Waals surface area contributed by atoms with E-state index in [1.165, 1.54) is 12.1 Å². The molecule has 0 saturated heterocycles. The first-order valence-corrected chi connectivity index (χ1v) is 7.61.